The second-order valence-corrected chi connectivity index (χ2v) is 7.28. The van der Waals surface area contributed by atoms with Crippen LogP contribution in [0, 0.1) is 5.82 Å². The second kappa shape index (κ2) is 7.65. The Morgan fingerprint density at radius 1 is 1.23 bits per heavy atom. The van der Waals surface area contributed by atoms with E-state index in [0.29, 0.717) is 32.0 Å². The van der Waals surface area contributed by atoms with Crippen LogP contribution in [0.3, 0.4) is 0 Å². The summed E-state index contributed by atoms with van der Waals surface area (Å²) < 4.78 is 24.4. The van der Waals surface area contributed by atoms with Crippen molar-refractivity contribution in [3.8, 4) is 11.5 Å². The third-order valence-corrected chi connectivity index (χ3v) is 5.27. The Hall–Kier alpha value is -2.09. The number of halogens is 2. The number of thiocarbonyl (C=S) groups is 1. The Kier molecular flexibility index (Phi) is 5.50. The van der Waals surface area contributed by atoms with Crippen molar-refractivity contribution in [2.75, 3.05) is 19.1 Å². The zero-order valence-electron chi connectivity index (χ0n) is 13.8. The van der Waals surface area contributed by atoms with Crippen LogP contribution in [0.25, 0.3) is 6.08 Å². The molecule has 8 heteroatoms. The van der Waals surface area contributed by atoms with E-state index in [4.69, 9.17) is 33.3 Å². The number of carbonyl (C=O) groups excluding carboxylic acids is 1. The molecule has 0 spiro atoms. The molecule has 1 aliphatic rings. The second-order valence-electron chi connectivity index (χ2n) is 5.20. The molecular weight excluding hydrogens is 397 g/mol. The van der Waals surface area contributed by atoms with Crippen LogP contribution < -0.4 is 14.4 Å². The molecule has 0 bridgehead atoms. The van der Waals surface area contributed by atoms with Crippen LogP contribution in [0.5, 0.6) is 11.5 Å². The van der Waals surface area contributed by atoms with Gasteiger partial charge in [-0.05, 0) is 30.3 Å². The molecule has 0 aliphatic carbocycles. The van der Waals surface area contributed by atoms with E-state index in [-0.39, 0.29) is 10.9 Å². The molecule has 1 heterocycles. The van der Waals surface area contributed by atoms with Crippen LogP contribution in [-0.2, 0) is 4.79 Å². The predicted octanol–water partition coefficient (Wildman–Crippen LogP) is 4.90. The number of carbonyl (C=O) groups is 1. The molecule has 3 rings (SSSR count). The number of amides is 1. The fourth-order valence-corrected chi connectivity index (χ4v) is 3.95. The van der Waals surface area contributed by atoms with Crippen molar-refractivity contribution in [1.82, 2.24) is 0 Å². The van der Waals surface area contributed by atoms with Gasteiger partial charge < -0.3 is 9.47 Å². The summed E-state index contributed by atoms with van der Waals surface area (Å²) in [6.45, 7) is 0. The lowest BCUT2D eigenvalue weighted by atomic mass is 10.1. The first-order valence-corrected chi connectivity index (χ1v) is 9.00. The molecule has 1 amide bonds. The van der Waals surface area contributed by atoms with E-state index in [9.17, 15) is 9.18 Å². The molecule has 0 unspecified atom stereocenters. The zero-order chi connectivity index (χ0) is 18.8. The molecule has 0 saturated carbocycles. The van der Waals surface area contributed by atoms with E-state index in [1.54, 1.807) is 25.3 Å². The molecule has 26 heavy (non-hydrogen) atoms. The highest BCUT2D eigenvalue weighted by Gasteiger charge is 2.34. The van der Waals surface area contributed by atoms with Crippen molar-refractivity contribution in [2.24, 2.45) is 0 Å². The summed E-state index contributed by atoms with van der Waals surface area (Å²) in [5.41, 5.74) is 1.10. The van der Waals surface area contributed by atoms with Crippen molar-refractivity contribution < 1.29 is 18.7 Å². The standard InChI is InChI=1S/C18H13ClFNO3S2/c1-23-14-5-3-4-10(16(14)24-2)8-15-17(22)21(18(25)26-15)11-6-7-13(20)12(19)9-11/h3-9H,1-2H3/b15-8+. The molecule has 134 valence electrons. The molecule has 1 aliphatic heterocycles. The van der Waals surface area contributed by atoms with Gasteiger partial charge in [0, 0.05) is 5.56 Å². The zero-order valence-corrected chi connectivity index (χ0v) is 16.2. The van der Waals surface area contributed by atoms with E-state index in [0.717, 1.165) is 11.8 Å². The highest BCUT2D eigenvalue weighted by molar-refractivity contribution is 8.27. The van der Waals surface area contributed by atoms with Crippen molar-refractivity contribution in [2.45, 2.75) is 0 Å². The highest BCUT2D eigenvalue weighted by Crippen LogP contribution is 2.39. The lowest BCUT2D eigenvalue weighted by Crippen LogP contribution is -2.27. The lowest BCUT2D eigenvalue weighted by Gasteiger charge is -2.15. The smallest absolute Gasteiger partial charge is 0.270 e. The number of para-hydroxylation sites is 1. The Bertz CT molecular complexity index is 933. The molecule has 4 nitrogen and oxygen atoms in total. The Labute approximate surface area is 164 Å². The minimum Gasteiger partial charge on any atom is -0.493 e. The maximum Gasteiger partial charge on any atom is 0.270 e. The van der Waals surface area contributed by atoms with Crippen LogP contribution >= 0.6 is 35.6 Å². The van der Waals surface area contributed by atoms with Crippen molar-refractivity contribution in [3.05, 3.63) is 57.7 Å². The monoisotopic (exact) mass is 409 g/mol. The van der Waals surface area contributed by atoms with E-state index >= 15 is 0 Å². The van der Waals surface area contributed by atoms with Crippen LogP contribution in [0.2, 0.25) is 5.02 Å². The molecule has 1 fully saturated rings. The Balaban J connectivity index is 1.99. The average molecular weight is 410 g/mol. The molecule has 0 aromatic heterocycles. The van der Waals surface area contributed by atoms with Gasteiger partial charge in [-0.15, -0.1) is 0 Å². The maximum atomic E-state index is 13.4. The SMILES string of the molecule is COc1cccc(/C=C2/SC(=S)N(c3ccc(F)c(Cl)c3)C2=O)c1OC. The molecule has 0 N–H and O–H groups in total. The first kappa shape index (κ1) is 18.7. The van der Waals surface area contributed by atoms with Crippen LogP contribution in [0.15, 0.2) is 41.3 Å². The van der Waals surface area contributed by atoms with Gasteiger partial charge in [0.15, 0.2) is 15.8 Å². The number of rotatable bonds is 4. The number of benzene rings is 2. The third kappa shape index (κ3) is 3.42. The number of hydrogen-bond donors (Lipinski definition) is 0. The fourth-order valence-electron chi connectivity index (χ4n) is 2.48. The Morgan fingerprint density at radius 3 is 2.65 bits per heavy atom. The van der Waals surface area contributed by atoms with Crippen LogP contribution in [0.4, 0.5) is 10.1 Å². The first-order chi connectivity index (χ1) is 12.5. The van der Waals surface area contributed by atoms with Gasteiger partial charge in [0.1, 0.15) is 5.82 Å². The molecule has 2 aromatic rings. The number of anilines is 1. The molecule has 2 aromatic carbocycles. The summed E-state index contributed by atoms with van der Waals surface area (Å²) in [7, 11) is 3.07. The van der Waals surface area contributed by atoms with Gasteiger partial charge in [-0.3, -0.25) is 9.69 Å². The summed E-state index contributed by atoms with van der Waals surface area (Å²) >= 11 is 12.3. The number of ether oxygens (including phenoxy) is 2. The number of thioether (sulfide) groups is 1. The molecule has 0 atom stereocenters. The van der Waals surface area contributed by atoms with Crippen molar-refractivity contribution >= 4 is 57.6 Å². The van der Waals surface area contributed by atoms with Crippen molar-refractivity contribution in [1.29, 1.82) is 0 Å². The molecule has 0 radical (unpaired) electrons. The normalized spacial score (nSPS) is 15.7. The fraction of sp³-hybridized carbons (Fsp3) is 0.111. The van der Waals surface area contributed by atoms with E-state index < -0.39 is 5.82 Å². The number of methoxy groups -OCH3 is 2. The topological polar surface area (TPSA) is 38.8 Å². The number of hydrogen-bond acceptors (Lipinski definition) is 5. The quantitative estimate of drug-likeness (QED) is 0.530. The third-order valence-electron chi connectivity index (χ3n) is 3.68. The Morgan fingerprint density at radius 2 is 2.00 bits per heavy atom. The maximum absolute atomic E-state index is 13.4. The molecule has 1 saturated heterocycles. The predicted molar refractivity (Wildman–Crippen MR) is 107 cm³/mol. The van der Waals surface area contributed by atoms with Gasteiger partial charge in [0.05, 0.1) is 29.8 Å². The van der Waals surface area contributed by atoms with Crippen molar-refractivity contribution in [3.63, 3.8) is 0 Å². The molecular formula is C18H13ClFNO3S2. The summed E-state index contributed by atoms with van der Waals surface area (Å²) in [6.07, 6.45) is 1.69. The minimum atomic E-state index is -0.558. The van der Waals surface area contributed by atoms with E-state index in [2.05, 4.69) is 0 Å². The minimum absolute atomic E-state index is 0.0741. The average Bonchev–Trinajstić information content (AvgIpc) is 2.90. The van der Waals surface area contributed by atoms with Crippen LogP contribution in [0.1, 0.15) is 5.56 Å². The van der Waals surface area contributed by atoms with E-state index in [1.807, 2.05) is 6.07 Å². The lowest BCUT2D eigenvalue weighted by molar-refractivity contribution is -0.113. The van der Waals surface area contributed by atoms with Gasteiger partial charge in [-0.1, -0.05) is 47.7 Å². The largest absolute Gasteiger partial charge is 0.493 e. The van der Waals surface area contributed by atoms with Gasteiger partial charge in [0.2, 0.25) is 0 Å². The summed E-state index contributed by atoms with van der Waals surface area (Å²) in [6, 6.07) is 9.40. The summed E-state index contributed by atoms with van der Waals surface area (Å²) in [5, 5.41) is -0.0741. The van der Waals surface area contributed by atoms with Gasteiger partial charge in [0.25, 0.3) is 5.91 Å². The van der Waals surface area contributed by atoms with E-state index in [1.165, 1.54) is 30.2 Å². The summed E-state index contributed by atoms with van der Waals surface area (Å²) in [5.74, 6) is 0.206. The summed E-state index contributed by atoms with van der Waals surface area (Å²) in [4.78, 5) is 14.6. The van der Waals surface area contributed by atoms with Gasteiger partial charge >= 0.3 is 0 Å². The van der Waals surface area contributed by atoms with Gasteiger partial charge in [-0.25, -0.2) is 4.39 Å². The highest BCUT2D eigenvalue weighted by atomic mass is 35.5. The van der Waals surface area contributed by atoms with Crippen LogP contribution in [-0.4, -0.2) is 24.4 Å². The van der Waals surface area contributed by atoms with Gasteiger partial charge in [-0.2, -0.15) is 0 Å². The first-order valence-electron chi connectivity index (χ1n) is 7.40. The number of nitrogens with zero attached hydrogens (tertiary/aromatic N) is 1.